The molecule has 3 nitrogen and oxygen atoms in total. The van der Waals surface area contributed by atoms with E-state index in [1.165, 1.54) is 5.69 Å². The van der Waals surface area contributed by atoms with E-state index < -0.39 is 0 Å². The smallest absolute Gasteiger partial charge is 0.0948 e. The summed E-state index contributed by atoms with van der Waals surface area (Å²) in [7, 11) is 0. The lowest BCUT2D eigenvalue weighted by Crippen LogP contribution is -2.37. The van der Waals surface area contributed by atoms with Gasteiger partial charge in [-0.2, -0.15) is 0 Å². The van der Waals surface area contributed by atoms with Crippen LogP contribution in [0.1, 0.15) is 39.8 Å². The van der Waals surface area contributed by atoms with E-state index in [1.54, 1.807) is 0 Å². The highest BCUT2D eigenvalue weighted by atomic mass is 15.0. The Kier molecular flexibility index (Phi) is 4.33. The van der Waals surface area contributed by atoms with Crippen LogP contribution in [0.4, 0.5) is 0 Å². The van der Waals surface area contributed by atoms with E-state index in [-0.39, 0.29) is 5.54 Å². The third-order valence-corrected chi connectivity index (χ3v) is 2.30. The Morgan fingerprint density at radius 1 is 1.40 bits per heavy atom. The van der Waals surface area contributed by atoms with Gasteiger partial charge < -0.3 is 9.88 Å². The molecule has 0 atom stereocenters. The highest BCUT2D eigenvalue weighted by Crippen LogP contribution is 2.03. The van der Waals surface area contributed by atoms with Crippen molar-refractivity contribution in [3.8, 4) is 0 Å². The van der Waals surface area contributed by atoms with E-state index in [4.69, 9.17) is 0 Å². The van der Waals surface area contributed by atoms with Crippen molar-refractivity contribution in [3.05, 3.63) is 18.2 Å². The number of imidazole rings is 1. The summed E-state index contributed by atoms with van der Waals surface area (Å²) in [4.78, 5) is 4.19. The lowest BCUT2D eigenvalue weighted by atomic mass is 10.1. The number of nitrogens with zero attached hydrogens (tertiary/aromatic N) is 2. The average molecular weight is 209 g/mol. The molecule has 0 aliphatic heterocycles. The molecule has 1 rings (SSSR count). The summed E-state index contributed by atoms with van der Waals surface area (Å²) in [6.07, 6.45) is 6.11. The van der Waals surface area contributed by atoms with Gasteiger partial charge in [-0.3, -0.25) is 0 Å². The molecular formula is C12H23N3. The summed E-state index contributed by atoms with van der Waals surface area (Å²) in [6.45, 7) is 10.9. The standard InChI is InChI=1S/C12H23N3/c1-5-8-15-10-13-9-11(15)6-7-14-12(2,3)4/h9-10,14H,5-8H2,1-4H3. The van der Waals surface area contributed by atoms with Gasteiger partial charge in [0.15, 0.2) is 0 Å². The lowest BCUT2D eigenvalue weighted by molar-refractivity contribution is 0.426. The fourth-order valence-corrected chi connectivity index (χ4v) is 1.56. The van der Waals surface area contributed by atoms with E-state index in [1.807, 2.05) is 12.5 Å². The topological polar surface area (TPSA) is 29.9 Å². The van der Waals surface area contributed by atoms with E-state index >= 15 is 0 Å². The summed E-state index contributed by atoms with van der Waals surface area (Å²) in [6, 6.07) is 0. The Balaban J connectivity index is 2.40. The second-order valence-corrected chi connectivity index (χ2v) is 5.01. The molecule has 0 bridgehead atoms. The molecule has 3 heteroatoms. The van der Waals surface area contributed by atoms with Gasteiger partial charge in [-0.05, 0) is 27.2 Å². The highest BCUT2D eigenvalue weighted by molar-refractivity contribution is 4.99. The largest absolute Gasteiger partial charge is 0.335 e. The van der Waals surface area contributed by atoms with Gasteiger partial charge in [0, 0.05) is 36.9 Å². The molecule has 86 valence electrons. The predicted molar refractivity (Wildman–Crippen MR) is 64.0 cm³/mol. The first-order chi connectivity index (χ1) is 7.03. The molecule has 1 aromatic heterocycles. The number of nitrogens with one attached hydrogen (secondary N) is 1. The molecule has 0 unspecified atom stereocenters. The summed E-state index contributed by atoms with van der Waals surface area (Å²) >= 11 is 0. The first-order valence-corrected chi connectivity index (χ1v) is 5.77. The molecule has 1 N–H and O–H groups in total. The van der Waals surface area contributed by atoms with Crippen molar-refractivity contribution in [3.63, 3.8) is 0 Å². The van der Waals surface area contributed by atoms with Crippen LogP contribution in [0.3, 0.4) is 0 Å². The number of hydrogen-bond acceptors (Lipinski definition) is 2. The maximum Gasteiger partial charge on any atom is 0.0948 e. The first-order valence-electron chi connectivity index (χ1n) is 5.77. The average Bonchev–Trinajstić information content (AvgIpc) is 2.51. The van der Waals surface area contributed by atoms with E-state index in [2.05, 4.69) is 42.6 Å². The van der Waals surface area contributed by atoms with Crippen LogP contribution in [0.25, 0.3) is 0 Å². The molecule has 0 aliphatic rings. The monoisotopic (exact) mass is 209 g/mol. The second-order valence-electron chi connectivity index (χ2n) is 5.01. The Morgan fingerprint density at radius 2 is 2.13 bits per heavy atom. The molecule has 0 aromatic carbocycles. The van der Waals surface area contributed by atoms with Gasteiger partial charge in [-0.1, -0.05) is 6.92 Å². The Labute approximate surface area is 92.9 Å². The zero-order valence-electron chi connectivity index (χ0n) is 10.4. The molecular weight excluding hydrogens is 186 g/mol. The molecule has 15 heavy (non-hydrogen) atoms. The molecule has 0 aliphatic carbocycles. The first kappa shape index (κ1) is 12.2. The quantitative estimate of drug-likeness (QED) is 0.806. The fourth-order valence-electron chi connectivity index (χ4n) is 1.56. The zero-order chi connectivity index (χ0) is 11.3. The fraction of sp³-hybridized carbons (Fsp3) is 0.750. The molecule has 0 spiro atoms. The van der Waals surface area contributed by atoms with Gasteiger partial charge in [0.25, 0.3) is 0 Å². The van der Waals surface area contributed by atoms with Crippen molar-refractivity contribution in [1.29, 1.82) is 0 Å². The van der Waals surface area contributed by atoms with Crippen molar-refractivity contribution in [2.24, 2.45) is 0 Å². The van der Waals surface area contributed by atoms with Crippen LogP contribution in [-0.2, 0) is 13.0 Å². The number of hydrogen-bond donors (Lipinski definition) is 1. The van der Waals surface area contributed by atoms with Crippen LogP contribution in [0.5, 0.6) is 0 Å². The molecule has 1 aromatic rings. The second kappa shape index (κ2) is 5.31. The van der Waals surface area contributed by atoms with Crippen LogP contribution in [0.15, 0.2) is 12.5 Å². The number of aromatic nitrogens is 2. The van der Waals surface area contributed by atoms with Crippen LogP contribution in [-0.4, -0.2) is 21.6 Å². The third kappa shape index (κ3) is 4.47. The van der Waals surface area contributed by atoms with Crippen LogP contribution in [0.2, 0.25) is 0 Å². The maximum atomic E-state index is 4.19. The molecule has 0 radical (unpaired) electrons. The minimum Gasteiger partial charge on any atom is -0.335 e. The van der Waals surface area contributed by atoms with E-state index in [0.29, 0.717) is 0 Å². The SMILES string of the molecule is CCCn1cncc1CCNC(C)(C)C. The van der Waals surface area contributed by atoms with Crippen molar-refractivity contribution in [2.75, 3.05) is 6.54 Å². The summed E-state index contributed by atoms with van der Waals surface area (Å²) in [5.74, 6) is 0. The summed E-state index contributed by atoms with van der Waals surface area (Å²) in [5, 5.41) is 3.49. The van der Waals surface area contributed by atoms with Gasteiger partial charge in [-0.25, -0.2) is 4.98 Å². The Morgan fingerprint density at radius 3 is 2.73 bits per heavy atom. The van der Waals surface area contributed by atoms with E-state index in [9.17, 15) is 0 Å². The Bertz CT molecular complexity index is 283. The maximum absolute atomic E-state index is 4.19. The normalized spacial score (nSPS) is 12.0. The summed E-state index contributed by atoms with van der Waals surface area (Å²) < 4.78 is 2.24. The van der Waals surface area contributed by atoms with Gasteiger partial charge in [0.1, 0.15) is 0 Å². The van der Waals surface area contributed by atoms with Crippen LogP contribution < -0.4 is 5.32 Å². The molecule has 0 saturated heterocycles. The molecule has 0 saturated carbocycles. The van der Waals surface area contributed by atoms with Gasteiger partial charge >= 0.3 is 0 Å². The Hall–Kier alpha value is -0.830. The number of aryl methyl sites for hydroxylation is 1. The van der Waals surface area contributed by atoms with Crippen molar-refractivity contribution < 1.29 is 0 Å². The highest BCUT2D eigenvalue weighted by Gasteiger charge is 2.08. The van der Waals surface area contributed by atoms with Gasteiger partial charge in [0.05, 0.1) is 6.33 Å². The summed E-state index contributed by atoms with van der Waals surface area (Å²) in [5.41, 5.74) is 1.53. The molecule has 1 heterocycles. The van der Waals surface area contributed by atoms with Crippen molar-refractivity contribution in [1.82, 2.24) is 14.9 Å². The van der Waals surface area contributed by atoms with Crippen molar-refractivity contribution >= 4 is 0 Å². The third-order valence-electron chi connectivity index (χ3n) is 2.30. The minimum atomic E-state index is 0.204. The van der Waals surface area contributed by atoms with Gasteiger partial charge in [0.2, 0.25) is 0 Å². The van der Waals surface area contributed by atoms with Gasteiger partial charge in [-0.15, -0.1) is 0 Å². The zero-order valence-corrected chi connectivity index (χ0v) is 10.4. The predicted octanol–water partition coefficient (Wildman–Crippen LogP) is 2.22. The molecule has 0 fully saturated rings. The van der Waals surface area contributed by atoms with Crippen LogP contribution >= 0.6 is 0 Å². The van der Waals surface area contributed by atoms with Crippen molar-refractivity contribution in [2.45, 2.75) is 52.6 Å². The molecule has 0 amide bonds. The minimum absolute atomic E-state index is 0.204. The lowest BCUT2D eigenvalue weighted by Gasteiger charge is -2.20. The van der Waals surface area contributed by atoms with E-state index in [0.717, 1.165) is 25.9 Å². The van der Waals surface area contributed by atoms with Crippen LogP contribution in [0, 0.1) is 0 Å². The number of rotatable bonds is 5.